The van der Waals surface area contributed by atoms with Crippen LogP contribution in [0.2, 0.25) is 0 Å². The summed E-state index contributed by atoms with van der Waals surface area (Å²) in [6.07, 6.45) is 0. The van der Waals surface area contributed by atoms with Crippen LogP contribution in [0.5, 0.6) is 0 Å². The van der Waals surface area contributed by atoms with Crippen molar-refractivity contribution in [1.82, 2.24) is 9.21 Å². The average Bonchev–Trinajstić information content (AvgIpc) is 2.71. The molecule has 0 spiro atoms. The van der Waals surface area contributed by atoms with E-state index in [0.29, 0.717) is 26.2 Å². The predicted molar refractivity (Wildman–Crippen MR) is 114 cm³/mol. The Balaban J connectivity index is 1.97. The Morgan fingerprint density at radius 2 is 1.87 bits per heavy atom. The molecule has 0 unspecified atom stereocenters. The number of methoxy groups -OCH3 is 1. The van der Waals surface area contributed by atoms with Crippen molar-refractivity contribution in [3.05, 3.63) is 29.8 Å². The zero-order valence-electron chi connectivity index (χ0n) is 17.9. The first-order valence-electron chi connectivity index (χ1n) is 9.98. The minimum atomic E-state index is -3.79. The molecule has 0 saturated carbocycles. The monoisotopic (exact) mass is 441 g/mol. The molecule has 1 aromatic carbocycles. The summed E-state index contributed by atoms with van der Waals surface area (Å²) < 4.78 is 36.8. The van der Waals surface area contributed by atoms with E-state index in [2.05, 4.69) is 11.0 Å². The molecule has 168 valence electrons. The zero-order chi connectivity index (χ0) is 22.1. The van der Waals surface area contributed by atoms with E-state index in [1.54, 1.807) is 6.92 Å². The highest BCUT2D eigenvalue weighted by atomic mass is 32.2. The Morgan fingerprint density at radius 1 is 1.17 bits per heavy atom. The minimum Gasteiger partial charge on any atom is -0.465 e. The standard InChI is InChI=1S/C20H31N3O6S/c1-4-29-20(25)15-22(12-13-28-3)19(24)16-30(26,27)23-10-8-21(9-11-23)18-7-5-6-17(2)14-18/h5-7,14H,4,8-13,15-16H2,1-3H3. The molecule has 30 heavy (non-hydrogen) atoms. The van der Waals surface area contributed by atoms with Crippen molar-refractivity contribution in [2.45, 2.75) is 13.8 Å². The number of piperazine rings is 1. The zero-order valence-corrected chi connectivity index (χ0v) is 18.7. The van der Waals surface area contributed by atoms with Gasteiger partial charge in [0.1, 0.15) is 12.3 Å². The number of amides is 1. The smallest absolute Gasteiger partial charge is 0.325 e. The van der Waals surface area contributed by atoms with Crippen LogP contribution in [-0.4, -0.2) is 94.8 Å². The van der Waals surface area contributed by atoms with Crippen LogP contribution in [-0.2, 0) is 29.1 Å². The number of anilines is 1. The maximum absolute atomic E-state index is 12.8. The molecule has 0 aromatic heterocycles. The minimum absolute atomic E-state index is 0.116. The van der Waals surface area contributed by atoms with Gasteiger partial charge in [-0.2, -0.15) is 4.31 Å². The summed E-state index contributed by atoms with van der Waals surface area (Å²) in [6.45, 7) is 5.59. The van der Waals surface area contributed by atoms with Gasteiger partial charge in [0.25, 0.3) is 0 Å². The molecule has 0 N–H and O–H groups in total. The summed E-state index contributed by atoms with van der Waals surface area (Å²) in [5, 5.41) is 0. The third-order valence-corrected chi connectivity index (χ3v) is 6.61. The van der Waals surface area contributed by atoms with Crippen LogP contribution >= 0.6 is 0 Å². The number of hydrogen-bond donors (Lipinski definition) is 0. The molecule has 9 nitrogen and oxygen atoms in total. The van der Waals surface area contributed by atoms with E-state index in [0.717, 1.165) is 11.3 Å². The normalized spacial score (nSPS) is 15.1. The van der Waals surface area contributed by atoms with Gasteiger partial charge in [-0.15, -0.1) is 0 Å². The Morgan fingerprint density at radius 3 is 2.47 bits per heavy atom. The number of carbonyl (C=O) groups is 2. The first kappa shape index (κ1) is 24.1. The van der Waals surface area contributed by atoms with Gasteiger partial charge < -0.3 is 19.3 Å². The number of hydrogen-bond acceptors (Lipinski definition) is 7. The number of nitrogens with zero attached hydrogens (tertiary/aromatic N) is 3. The lowest BCUT2D eigenvalue weighted by Gasteiger charge is -2.35. The predicted octanol–water partition coefficient (Wildman–Crippen LogP) is 0.485. The van der Waals surface area contributed by atoms with E-state index in [4.69, 9.17) is 9.47 Å². The Hall–Kier alpha value is -2.17. The van der Waals surface area contributed by atoms with E-state index in [9.17, 15) is 18.0 Å². The Bertz CT molecular complexity index is 822. The van der Waals surface area contributed by atoms with Crippen LogP contribution in [0.3, 0.4) is 0 Å². The number of rotatable bonds is 10. The largest absolute Gasteiger partial charge is 0.465 e. The van der Waals surface area contributed by atoms with Crippen molar-refractivity contribution >= 4 is 27.6 Å². The lowest BCUT2D eigenvalue weighted by Crippen LogP contribution is -2.51. The fourth-order valence-corrected chi connectivity index (χ4v) is 4.64. The second kappa shape index (κ2) is 11.3. The summed E-state index contributed by atoms with van der Waals surface area (Å²) in [5.74, 6) is -1.90. The number of carbonyl (C=O) groups excluding carboxylic acids is 2. The molecule has 10 heteroatoms. The van der Waals surface area contributed by atoms with Gasteiger partial charge in [-0.05, 0) is 31.5 Å². The van der Waals surface area contributed by atoms with Gasteiger partial charge >= 0.3 is 5.97 Å². The highest BCUT2D eigenvalue weighted by molar-refractivity contribution is 7.89. The molecule has 0 bridgehead atoms. The number of ether oxygens (including phenoxy) is 2. The SMILES string of the molecule is CCOC(=O)CN(CCOC)C(=O)CS(=O)(=O)N1CCN(c2cccc(C)c2)CC1. The molecule has 1 aliphatic rings. The van der Waals surface area contributed by atoms with Gasteiger partial charge in [0.05, 0.1) is 13.2 Å². The number of benzene rings is 1. The Kier molecular flexibility index (Phi) is 9.07. The number of sulfonamides is 1. The third kappa shape index (κ3) is 6.96. The van der Waals surface area contributed by atoms with E-state index in [1.165, 1.54) is 16.3 Å². The Labute approximate surface area is 178 Å². The van der Waals surface area contributed by atoms with Gasteiger partial charge in [-0.25, -0.2) is 8.42 Å². The quantitative estimate of drug-likeness (QED) is 0.488. The van der Waals surface area contributed by atoms with Crippen LogP contribution in [0.4, 0.5) is 5.69 Å². The summed E-state index contributed by atoms with van der Waals surface area (Å²) >= 11 is 0. The molecule has 0 atom stereocenters. The van der Waals surface area contributed by atoms with E-state index in [-0.39, 0.29) is 26.3 Å². The molecular weight excluding hydrogens is 410 g/mol. The first-order valence-corrected chi connectivity index (χ1v) is 11.6. The highest BCUT2D eigenvalue weighted by Gasteiger charge is 2.31. The lowest BCUT2D eigenvalue weighted by atomic mass is 10.2. The van der Waals surface area contributed by atoms with Gasteiger partial charge in [-0.1, -0.05) is 12.1 Å². The first-order chi connectivity index (χ1) is 14.3. The molecule has 0 radical (unpaired) electrons. The van der Waals surface area contributed by atoms with Crippen LogP contribution in [0, 0.1) is 6.92 Å². The van der Waals surface area contributed by atoms with Crippen molar-refractivity contribution in [3.8, 4) is 0 Å². The van der Waals surface area contributed by atoms with Crippen molar-refractivity contribution in [1.29, 1.82) is 0 Å². The summed E-state index contributed by atoms with van der Waals surface area (Å²) in [6, 6.07) is 8.06. The summed E-state index contributed by atoms with van der Waals surface area (Å²) in [4.78, 5) is 27.7. The number of esters is 1. The highest BCUT2D eigenvalue weighted by Crippen LogP contribution is 2.19. The molecule has 0 aliphatic carbocycles. The average molecular weight is 442 g/mol. The molecule has 1 amide bonds. The van der Waals surface area contributed by atoms with Gasteiger partial charge in [-0.3, -0.25) is 9.59 Å². The third-order valence-electron chi connectivity index (χ3n) is 4.85. The molecule has 1 heterocycles. The molecule has 1 aromatic rings. The second-order valence-electron chi connectivity index (χ2n) is 7.09. The maximum Gasteiger partial charge on any atom is 0.325 e. The molecule has 1 aliphatic heterocycles. The second-order valence-corrected chi connectivity index (χ2v) is 9.06. The molecule has 1 fully saturated rings. The van der Waals surface area contributed by atoms with Gasteiger partial charge in [0.2, 0.25) is 15.9 Å². The van der Waals surface area contributed by atoms with Crippen LogP contribution in [0.1, 0.15) is 12.5 Å². The van der Waals surface area contributed by atoms with Crippen molar-refractivity contribution in [2.24, 2.45) is 0 Å². The molecular formula is C20H31N3O6S. The van der Waals surface area contributed by atoms with Crippen LogP contribution in [0.25, 0.3) is 0 Å². The van der Waals surface area contributed by atoms with Crippen LogP contribution < -0.4 is 4.90 Å². The van der Waals surface area contributed by atoms with Crippen molar-refractivity contribution < 1.29 is 27.5 Å². The maximum atomic E-state index is 12.8. The van der Waals surface area contributed by atoms with E-state index < -0.39 is 27.7 Å². The van der Waals surface area contributed by atoms with Crippen molar-refractivity contribution in [2.75, 3.05) is 70.2 Å². The van der Waals surface area contributed by atoms with Crippen molar-refractivity contribution in [3.63, 3.8) is 0 Å². The van der Waals surface area contributed by atoms with E-state index >= 15 is 0 Å². The van der Waals surface area contributed by atoms with Gasteiger partial charge in [0, 0.05) is 45.5 Å². The fourth-order valence-electron chi connectivity index (χ4n) is 3.24. The summed E-state index contributed by atoms with van der Waals surface area (Å²) in [7, 11) is -2.32. The summed E-state index contributed by atoms with van der Waals surface area (Å²) in [5.41, 5.74) is 2.20. The van der Waals surface area contributed by atoms with E-state index in [1.807, 2.05) is 25.1 Å². The lowest BCUT2D eigenvalue weighted by molar-refractivity contribution is -0.148. The number of aryl methyl sites for hydroxylation is 1. The molecule has 2 rings (SSSR count). The van der Waals surface area contributed by atoms with Gasteiger partial charge in [0.15, 0.2) is 0 Å². The topological polar surface area (TPSA) is 96.5 Å². The fraction of sp³-hybridized carbons (Fsp3) is 0.600. The van der Waals surface area contributed by atoms with Crippen LogP contribution in [0.15, 0.2) is 24.3 Å². The molecule has 1 saturated heterocycles.